The van der Waals surface area contributed by atoms with Gasteiger partial charge in [-0.15, -0.1) is 12.3 Å². The molecule has 1 aromatic rings. The Balaban J connectivity index is 2.73. The van der Waals surface area contributed by atoms with Crippen LogP contribution in [0.25, 0.3) is 0 Å². The summed E-state index contributed by atoms with van der Waals surface area (Å²) in [5.41, 5.74) is 6.17. The van der Waals surface area contributed by atoms with Crippen LogP contribution in [0.2, 0.25) is 5.15 Å². The number of carbonyl (C=O) groups excluding carboxylic acids is 1. The van der Waals surface area contributed by atoms with Crippen LogP contribution in [0.3, 0.4) is 0 Å². The molecular weight excluding hydrogens is 214 g/mol. The lowest BCUT2D eigenvalue weighted by molar-refractivity contribution is 0.0955. The molecule has 1 amide bonds. The highest BCUT2D eigenvalue weighted by atomic mass is 35.5. The standard InChI is InChI=1S/C10H10ClN3O/c1-2-3-4-13-10(15)7-5-9(11)14-6-8(7)12/h1,5-6H,3-4,12H2,(H,13,15). The third kappa shape index (κ3) is 3.15. The van der Waals surface area contributed by atoms with E-state index in [0.29, 0.717) is 18.5 Å². The molecule has 0 aromatic carbocycles. The van der Waals surface area contributed by atoms with Crippen LogP contribution < -0.4 is 11.1 Å². The number of hydrogen-bond acceptors (Lipinski definition) is 3. The average molecular weight is 224 g/mol. The van der Waals surface area contributed by atoms with Gasteiger partial charge in [-0.25, -0.2) is 4.98 Å². The summed E-state index contributed by atoms with van der Waals surface area (Å²) in [5, 5.41) is 2.85. The number of aromatic nitrogens is 1. The second-order valence-corrected chi connectivity index (χ2v) is 3.19. The molecule has 0 aliphatic rings. The van der Waals surface area contributed by atoms with Crippen LogP contribution in [0.5, 0.6) is 0 Å². The lowest BCUT2D eigenvalue weighted by Crippen LogP contribution is -2.25. The molecule has 1 rings (SSSR count). The van der Waals surface area contributed by atoms with E-state index in [1.807, 2.05) is 0 Å². The van der Waals surface area contributed by atoms with Gasteiger partial charge in [0.2, 0.25) is 0 Å². The Bertz CT molecular complexity index is 412. The number of nitrogens with two attached hydrogens (primary N) is 1. The number of nitrogen functional groups attached to an aromatic ring is 1. The number of hydrogen-bond donors (Lipinski definition) is 2. The maximum Gasteiger partial charge on any atom is 0.253 e. The van der Waals surface area contributed by atoms with Crippen LogP contribution in [0.1, 0.15) is 16.8 Å². The third-order valence-corrected chi connectivity index (χ3v) is 1.91. The maximum atomic E-state index is 11.5. The van der Waals surface area contributed by atoms with Crippen molar-refractivity contribution in [1.29, 1.82) is 0 Å². The smallest absolute Gasteiger partial charge is 0.253 e. The van der Waals surface area contributed by atoms with Gasteiger partial charge in [0.1, 0.15) is 5.15 Å². The fourth-order valence-corrected chi connectivity index (χ4v) is 1.14. The van der Waals surface area contributed by atoms with Crippen LogP contribution in [0, 0.1) is 12.3 Å². The van der Waals surface area contributed by atoms with E-state index in [1.165, 1.54) is 12.3 Å². The number of terminal acetylenes is 1. The Morgan fingerprint density at radius 2 is 2.47 bits per heavy atom. The Morgan fingerprint density at radius 3 is 3.13 bits per heavy atom. The lowest BCUT2D eigenvalue weighted by atomic mass is 10.2. The summed E-state index contributed by atoms with van der Waals surface area (Å²) in [6.45, 7) is 0.411. The van der Waals surface area contributed by atoms with E-state index >= 15 is 0 Å². The van der Waals surface area contributed by atoms with Gasteiger partial charge in [-0.3, -0.25) is 4.79 Å². The molecule has 78 valence electrons. The third-order valence-electron chi connectivity index (χ3n) is 1.70. The summed E-state index contributed by atoms with van der Waals surface area (Å²) < 4.78 is 0. The SMILES string of the molecule is C#CCCNC(=O)c1cc(Cl)ncc1N. The second-order valence-electron chi connectivity index (χ2n) is 2.80. The van der Waals surface area contributed by atoms with Gasteiger partial charge in [-0.05, 0) is 6.07 Å². The maximum absolute atomic E-state index is 11.5. The van der Waals surface area contributed by atoms with Crippen molar-refractivity contribution in [3.63, 3.8) is 0 Å². The van der Waals surface area contributed by atoms with Crippen molar-refractivity contribution in [3.05, 3.63) is 23.0 Å². The number of carbonyl (C=O) groups is 1. The van der Waals surface area contributed by atoms with Crippen molar-refractivity contribution in [2.24, 2.45) is 0 Å². The zero-order valence-corrected chi connectivity index (χ0v) is 8.71. The van der Waals surface area contributed by atoms with Crippen LogP contribution in [-0.4, -0.2) is 17.4 Å². The summed E-state index contributed by atoms with van der Waals surface area (Å²) in [7, 11) is 0. The molecule has 0 radical (unpaired) electrons. The van der Waals surface area contributed by atoms with Crippen molar-refractivity contribution < 1.29 is 4.79 Å². The second kappa shape index (κ2) is 5.23. The van der Waals surface area contributed by atoms with Gasteiger partial charge in [-0.2, -0.15) is 0 Å². The topological polar surface area (TPSA) is 68.0 Å². The van der Waals surface area contributed by atoms with Gasteiger partial charge in [0, 0.05) is 13.0 Å². The van der Waals surface area contributed by atoms with Gasteiger partial charge < -0.3 is 11.1 Å². The zero-order chi connectivity index (χ0) is 11.3. The molecule has 0 atom stereocenters. The molecule has 0 unspecified atom stereocenters. The van der Waals surface area contributed by atoms with Crippen molar-refractivity contribution >= 4 is 23.2 Å². The minimum atomic E-state index is -0.299. The van der Waals surface area contributed by atoms with Crippen molar-refractivity contribution in [2.75, 3.05) is 12.3 Å². The van der Waals surface area contributed by atoms with Gasteiger partial charge in [0.05, 0.1) is 17.4 Å². The molecule has 0 saturated heterocycles. The molecule has 15 heavy (non-hydrogen) atoms. The van der Waals surface area contributed by atoms with Crippen molar-refractivity contribution in [3.8, 4) is 12.3 Å². The highest BCUT2D eigenvalue weighted by Gasteiger charge is 2.09. The highest BCUT2D eigenvalue weighted by Crippen LogP contribution is 2.14. The molecule has 1 aromatic heterocycles. The van der Waals surface area contributed by atoms with Gasteiger partial charge in [-0.1, -0.05) is 11.6 Å². The highest BCUT2D eigenvalue weighted by molar-refractivity contribution is 6.29. The first-order valence-electron chi connectivity index (χ1n) is 4.28. The monoisotopic (exact) mass is 223 g/mol. The zero-order valence-electron chi connectivity index (χ0n) is 7.96. The van der Waals surface area contributed by atoms with E-state index in [1.54, 1.807) is 0 Å². The van der Waals surface area contributed by atoms with E-state index < -0.39 is 0 Å². The molecule has 0 aliphatic heterocycles. The number of nitrogens with zero attached hydrogens (tertiary/aromatic N) is 1. The molecule has 0 bridgehead atoms. The molecular formula is C10H10ClN3O. The first-order chi connectivity index (χ1) is 7.15. The Morgan fingerprint density at radius 1 is 1.73 bits per heavy atom. The summed E-state index contributed by atoms with van der Waals surface area (Å²) in [6, 6.07) is 1.42. The Labute approximate surface area is 92.8 Å². The molecule has 3 N–H and O–H groups in total. The largest absolute Gasteiger partial charge is 0.397 e. The molecule has 0 aliphatic carbocycles. The summed E-state index contributed by atoms with van der Waals surface area (Å²) >= 11 is 5.64. The van der Waals surface area contributed by atoms with Crippen LogP contribution >= 0.6 is 11.6 Å². The molecule has 0 spiro atoms. The normalized spacial score (nSPS) is 9.33. The van der Waals surface area contributed by atoms with Gasteiger partial charge in [0.25, 0.3) is 5.91 Å². The van der Waals surface area contributed by atoms with Crippen LogP contribution in [-0.2, 0) is 0 Å². The predicted octanol–water partition coefficient (Wildman–Crippen LogP) is 1.07. The number of nitrogens with one attached hydrogen (secondary N) is 1. The van der Waals surface area contributed by atoms with Gasteiger partial charge >= 0.3 is 0 Å². The van der Waals surface area contributed by atoms with E-state index in [4.69, 9.17) is 23.8 Å². The average Bonchev–Trinajstić information content (AvgIpc) is 2.22. The number of rotatable bonds is 3. The Kier molecular flexibility index (Phi) is 3.95. The minimum absolute atomic E-state index is 0.228. The van der Waals surface area contributed by atoms with Gasteiger partial charge in [0.15, 0.2) is 0 Å². The van der Waals surface area contributed by atoms with E-state index in [-0.39, 0.29) is 16.7 Å². The molecule has 5 heteroatoms. The summed E-state index contributed by atoms with van der Waals surface area (Å²) in [4.78, 5) is 15.3. The minimum Gasteiger partial charge on any atom is -0.397 e. The quantitative estimate of drug-likeness (QED) is 0.458. The van der Waals surface area contributed by atoms with Crippen molar-refractivity contribution in [1.82, 2.24) is 10.3 Å². The fraction of sp³-hybridized carbons (Fsp3) is 0.200. The molecule has 0 fully saturated rings. The molecule has 0 saturated carbocycles. The predicted molar refractivity (Wildman–Crippen MR) is 59.4 cm³/mol. The number of anilines is 1. The van der Waals surface area contributed by atoms with E-state index in [2.05, 4.69) is 16.2 Å². The first kappa shape index (κ1) is 11.3. The number of amides is 1. The van der Waals surface area contributed by atoms with Crippen molar-refractivity contribution in [2.45, 2.75) is 6.42 Å². The Hall–Kier alpha value is -1.73. The van der Waals surface area contributed by atoms with E-state index in [9.17, 15) is 4.79 Å². The number of pyridine rings is 1. The lowest BCUT2D eigenvalue weighted by Gasteiger charge is -2.05. The van der Waals surface area contributed by atoms with E-state index in [0.717, 1.165) is 0 Å². The van der Waals surface area contributed by atoms with Crippen LogP contribution in [0.4, 0.5) is 5.69 Å². The molecule has 4 nitrogen and oxygen atoms in total. The molecule has 1 heterocycles. The van der Waals surface area contributed by atoms with Crippen LogP contribution in [0.15, 0.2) is 12.3 Å². The first-order valence-corrected chi connectivity index (χ1v) is 4.65. The number of halogens is 1. The summed E-state index contributed by atoms with van der Waals surface area (Å²) in [6.07, 6.45) is 6.87. The summed E-state index contributed by atoms with van der Waals surface area (Å²) in [5.74, 6) is 2.12. The fourth-order valence-electron chi connectivity index (χ4n) is 0.981.